The van der Waals surface area contributed by atoms with E-state index in [4.69, 9.17) is 10.5 Å². The van der Waals surface area contributed by atoms with Crippen molar-refractivity contribution < 1.29 is 4.74 Å². The van der Waals surface area contributed by atoms with Crippen LogP contribution in [0.4, 0.5) is 0 Å². The summed E-state index contributed by atoms with van der Waals surface area (Å²) in [5, 5.41) is 0. The van der Waals surface area contributed by atoms with Crippen LogP contribution in [0.3, 0.4) is 0 Å². The third-order valence-electron chi connectivity index (χ3n) is 4.49. The number of ether oxygens (including phenoxy) is 1. The molecule has 0 aromatic heterocycles. The van der Waals surface area contributed by atoms with E-state index in [1.54, 1.807) is 0 Å². The Morgan fingerprint density at radius 2 is 2.10 bits per heavy atom. The van der Waals surface area contributed by atoms with Gasteiger partial charge < -0.3 is 10.5 Å². The van der Waals surface area contributed by atoms with Gasteiger partial charge in [-0.3, -0.25) is 4.90 Å². The van der Waals surface area contributed by atoms with Gasteiger partial charge in [0.25, 0.3) is 0 Å². The van der Waals surface area contributed by atoms with Crippen molar-refractivity contribution in [1.29, 1.82) is 0 Å². The predicted molar refractivity (Wildman–Crippen MR) is 81.9 cm³/mol. The van der Waals surface area contributed by atoms with Gasteiger partial charge in [0.1, 0.15) is 5.75 Å². The minimum Gasteiger partial charge on any atom is -0.494 e. The summed E-state index contributed by atoms with van der Waals surface area (Å²) in [6.45, 7) is 3.94. The summed E-state index contributed by atoms with van der Waals surface area (Å²) in [6.07, 6.45) is 6.35. The SMILES string of the molecule is CCOc1cccc(C2C(N)CCCCN2C2CC2)c1. The van der Waals surface area contributed by atoms with E-state index in [-0.39, 0.29) is 6.04 Å². The highest BCUT2D eigenvalue weighted by Crippen LogP contribution is 2.39. The molecule has 2 aliphatic rings. The summed E-state index contributed by atoms with van der Waals surface area (Å²) < 4.78 is 5.66. The van der Waals surface area contributed by atoms with Crippen molar-refractivity contribution in [2.75, 3.05) is 13.2 Å². The molecule has 0 radical (unpaired) electrons. The zero-order chi connectivity index (χ0) is 13.9. The molecule has 1 heterocycles. The van der Waals surface area contributed by atoms with Gasteiger partial charge in [-0.25, -0.2) is 0 Å². The molecular weight excluding hydrogens is 248 g/mol. The van der Waals surface area contributed by atoms with Gasteiger partial charge in [-0.2, -0.15) is 0 Å². The van der Waals surface area contributed by atoms with Crippen LogP contribution in [-0.2, 0) is 0 Å². The van der Waals surface area contributed by atoms with Gasteiger partial charge in [0.2, 0.25) is 0 Å². The second-order valence-corrected chi connectivity index (χ2v) is 6.08. The average Bonchev–Trinajstić information content (AvgIpc) is 3.26. The zero-order valence-corrected chi connectivity index (χ0v) is 12.4. The largest absolute Gasteiger partial charge is 0.494 e. The minimum absolute atomic E-state index is 0.245. The van der Waals surface area contributed by atoms with Crippen LogP contribution in [0.5, 0.6) is 5.75 Å². The average molecular weight is 274 g/mol. The quantitative estimate of drug-likeness (QED) is 0.917. The Morgan fingerprint density at radius 3 is 2.85 bits per heavy atom. The molecule has 1 aromatic rings. The van der Waals surface area contributed by atoms with Crippen molar-refractivity contribution in [2.24, 2.45) is 5.73 Å². The fourth-order valence-corrected chi connectivity index (χ4v) is 3.43. The van der Waals surface area contributed by atoms with E-state index < -0.39 is 0 Å². The lowest BCUT2D eigenvalue weighted by Gasteiger charge is -2.34. The van der Waals surface area contributed by atoms with Crippen molar-refractivity contribution in [2.45, 2.75) is 57.2 Å². The Bertz CT molecular complexity index is 444. The zero-order valence-electron chi connectivity index (χ0n) is 12.4. The van der Waals surface area contributed by atoms with E-state index >= 15 is 0 Å². The minimum atomic E-state index is 0.245. The molecule has 1 saturated heterocycles. The van der Waals surface area contributed by atoms with E-state index in [0.717, 1.165) is 18.2 Å². The topological polar surface area (TPSA) is 38.5 Å². The monoisotopic (exact) mass is 274 g/mol. The molecule has 0 spiro atoms. The molecule has 3 rings (SSSR count). The van der Waals surface area contributed by atoms with Gasteiger partial charge in [-0.05, 0) is 56.8 Å². The number of nitrogens with zero attached hydrogens (tertiary/aromatic N) is 1. The van der Waals surface area contributed by atoms with Crippen LogP contribution in [0.25, 0.3) is 0 Å². The van der Waals surface area contributed by atoms with Gasteiger partial charge in [0.15, 0.2) is 0 Å². The molecule has 1 aromatic carbocycles. The van der Waals surface area contributed by atoms with Gasteiger partial charge in [0, 0.05) is 12.1 Å². The Morgan fingerprint density at radius 1 is 1.25 bits per heavy atom. The molecular formula is C17H26N2O. The highest BCUT2D eigenvalue weighted by atomic mass is 16.5. The van der Waals surface area contributed by atoms with Crippen LogP contribution in [0, 0.1) is 0 Å². The van der Waals surface area contributed by atoms with Gasteiger partial charge in [-0.15, -0.1) is 0 Å². The first kappa shape index (κ1) is 13.9. The van der Waals surface area contributed by atoms with E-state index in [1.807, 2.05) is 13.0 Å². The van der Waals surface area contributed by atoms with Crippen LogP contribution in [-0.4, -0.2) is 30.1 Å². The molecule has 1 saturated carbocycles. The van der Waals surface area contributed by atoms with Crippen LogP contribution < -0.4 is 10.5 Å². The Kier molecular flexibility index (Phi) is 4.27. The fraction of sp³-hybridized carbons (Fsp3) is 0.647. The third kappa shape index (κ3) is 2.99. The molecule has 20 heavy (non-hydrogen) atoms. The number of rotatable bonds is 4. The van der Waals surface area contributed by atoms with Crippen molar-refractivity contribution >= 4 is 0 Å². The maximum absolute atomic E-state index is 6.51. The number of nitrogens with two attached hydrogens (primary N) is 1. The Hall–Kier alpha value is -1.06. The Labute approximate surface area is 122 Å². The van der Waals surface area contributed by atoms with Gasteiger partial charge in [0.05, 0.1) is 12.6 Å². The van der Waals surface area contributed by atoms with Crippen molar-refractivity contribution in [1.82, 2.24) is 4.90 Å². The van der Waals surface area contributed by atoms with Crippen molar-refractivity contribution in [3.8, 4) is 5.75 Å². The molecule has 2 N–H and O–H groups in total. The van der Waals surface area contributed by atoms with Crippen LogP contribution in [0.15, 0.2) is 24.3 Å². The van der Waals surface area contributed by atoms with Crippen LogP contribution in [0.1, 0.15) is 50.6 Å². The molecule has 2 fully saturated rings. The summed E-state index contributed by atoms with van der Waals surface area (Å²) in [7, 11) is 0. The molecule has 0 amide bonds. The lowest BCUT2D eigenvalue weighted by atomic mass is 9.96. The summed E-state index contributed by atoms with van der Waals surface area (Å²) >= 11 is 0. The normalized spacial score (nSPS) is 28.1. The van der Waals surface area contributed by atoms with Gasteiger partial charge in [-0.1, -0.05) is 18.6 Å². The smallest absolute Gasteiger partial charge is 0.119 e. The first-order chi connectivity index (χ1) is 9.79. The summed E-state index contributed by atoms with van der Waals surface area (Å²) in [5.41, 5.74) is 7.84. The number of likely N-dealkylation sites (tertiary alicyclic amines) is 1. The molecule has 3 heteroatoms. The summed E-state index contributed by atoms with van der Waals surface area (Å²) in [5.74, 6) is 0.970. The predicted octanol–water partition coefficient (Wildman–Crippen LogP) is 3.10. The Balaban J connectivity index is 1.88. The van der Waals surface area contributed by atoms with Crippen LogP contribution in [0.2, 0.25) is 0 Å². The van der Waals surface area contributed by atoms with E-state index in [1.165, 1.54) is 37.8 Å². The molecule has 1 aliphatic heterocycles. The molecule has 1 aliphatic carbocycles. The second kappa shape index (κ2) is 6.15. The van der Waals surface area contributed by atoms with Crippen LogP contribution >= 0.6 is 0 Å². The summed E-state index contributed by atoms with van der Waals surface area (Å²) in [4.78, 5) is 2.66. The molecule has 110 valence electrons. The number of hydrogen-bond acceptors (Lipinski definition) is 3. The molecule has 2 atom stereocenters. The lowest BCUT2D eigenvalue weighted by Crippen LogP contribution is -2.41. The maximum atomic E-state index is 6.51. The van der Waals surface area contributed by atoms with E-state index in [0.29, 0.717) is 12.6 Å². The molecule has 3 nitrogen and oxygen atoms in total. The molecule has 0 bridgehead atoms. The highest BCUT2D eigenvalue weighted by molar-refractivity contribution is 5.32. The maximum Gasteiger partial charge on any atom is 0.119 e. The first-order valence-corrected chi connectivity index (χ1v) is 8.03. The van der Waals surface area contributed by atoms with Crippen molar-refractivity contribution in [3.05, 3.63) is 29.8 Å². The van der Waals surface area contributed by atoms with E-state index in [2.05, 4.69) is 23.1 Å². The lowest BCUT2D eigenvalue weighted by molar-refractivity contribution is 0.175. The second-order valence-electron chi connectivity index (χ2n) is 6.08. The number of hydrogen-bond donors (Lipinski definition) is 1. The van der Waals surface area contributed by atoms with Gasteiger partial charge >= 0.3 is 0 Å². The standard InChI is InChI=1S/C17H26N2O/c1-2-20-15-7-5-6-13(12-15)17-16(18)8-3-4-11-19(17)14-9-10-14/h5-7,12,14,16-17H,2-4,8-11,18H2,1H3. The third-order valence-corrected chi connectivity index (χ3v) is 4.49. The fourth-order valence-electron chi connectivity index (χ4n) is 3.43. The highest BCUT2D eigenvalue weighted by Gasteiger charge is 2.38. The van der Waals surface area contributed by atoms with Crippen molar-refractivity contribution in [3.63, 3.8) is 0 Å². The number of benzene rings is 1. The summed E-state index contributed by atoms with van der Waals surface area (Å²) in [6, 6.07) is 9.92. The molecule has 2 unspecified atom stereocenters. The van der Waals surface area contributed by atoms with E-state index in [9.17, 15) is 0 Å². The first-order valence-electron chi connectivity index (χ1n) is 8.03.